The van der Waals surface area contributed by atoms with Crippen LogP contribution in [0.4, 0.5) is 0 Å². The largest absolute Gasteiger partial charge is 0.476 e. The van der Waals surface area contributed by atoms with Crippen molar-refractivity contribution in [2.75, 3.05) is 6.54 Å². The van der Waals surface area contributed by atoms with Crippen LogP contribution in [0.15, 0.2) is 6.20 Å². The molecule has 0 atom stereocenters. The Bertz CT molecular complexity index is 418. The molecule has 1 rings (SSSR count). The molecule has 15 heavy (non-hydrogen) atoms. The number of hydrogen-bond donors (Lipinski definition) is 2. The van der Waals surface area contributed by atoms with Crippen molar-refractivity contribution < 1.29 is 14.7 Å². The predicted octanol–water partition coefficient (Wildman–Crippen LogP) is -1.27. The Morgan fingerprint density at radius 3 is 2.93 bits per heavy atom. The summed E-state index contributed by atoms with van der Waals surface area (Å²) in [6.45, 7) is 0.0152. The molecule has 78 valence electrons. The summed E-state index contributed by atoms with van der Waals surface area (Å²) >= 11 is 0. The predicted molar refractivity (Wildman–Crippen MR) is 48.8 cm³/mol. The van der Waals surface area contributed by atoms with Gasteiger partial charge in [-0.15, -0.1) is 11.5 Å². The number of carboxylic acids is 1. The molecule has 0 unspecified atom stereocenters. The van der Waals surface area contributed by atoms with Crippen molar-refractivity contribution >= 4 is 11.9 Å². The van der Waals surface area contributed by atoms with Crippen LogP contribution in [0, 0.1) is 12.3 Å². The van der Waals surface area contributed by atoms with Gasteiger partial charge < -0.3 is 10.4 Å². The number of carbonyl (C=O) groups excluding carboxylic acids is 1. The van der Waals surface area contributed by atoms with Crippen LogP contribution in [0.5, 0.6) is 0 Å². The lowest BCUT2D eigenvalue weighted by molar-refractivity contribution is -0.121. The van der Waals surface area contributed by atoms with E-state index in [1.165, 1.54) is 0 Å². The molecule has 0 fully saturated rings. The first-order valence-corrected chi connectivity index (χ1v) is 3.97. The van der Waals surface area contributed by atoms with Gasteiger partial charge in [0, 0.05) is 0 Å². The average molecular weight is 208 g/mol. The normalized spacial score (nSPS) is 9.27. The first-order valence-electron chi connectivity index (χ1n) is 3.97. The van der Waals surface area contributed by atoms with Crippen LogP contribution in [0.25, 0.3) is 0 Å². The molecule has 1 aromatic heterocycles. The van der Waals surface area contributed by atoms with Crippen molar-refractivity contribution in [3.8, 4) is 12.3 Å². The Balaban J connectivity index is 2.54. The highest BCUT2D eigenvalue weighted by Crippen LogP contribution is 1.92. The SMILES string of the molecule is C#CCNC(=O)Cn1cc(C(=O)O)nn1. The van der Waals surface area contributed by atoms with E-state index in [0.717, 1.165) is 10.9 Å². The van der Waals surface area contributed by atoms with Crippen molar-refractivity contribution in [2.24, 2.45) is 0 Å². The highest BCUT2D eigenvalue weighted by atomic mass is 16.4. The fourth-order valence-corrected chi connectivity index (χ4v) is 0.826. The number of nitrogens with zero attached hydrogens (tertiary/aromatic N) is 3. The van der Waals surface area contributed by atoms with Crippen LogP contribution in [0.3, 0.4) is 0 Å². The van der Waals surface area contributed by atoms with Crippen molar-refractivity contribution in [3.63, 3.8) is 0 Å². The molecule has 0 aliphatic carbocycles. The van der Waals surface area contributed by atoms with Gasteiger partial charge in [0.05, 0.1) is 12.7 Å². The van der Waals surface area contributed by atoms with Crippen LogP contribution in [-0.4, -0.2) is 38.5 Å². The number of aromatic carboxylic acids is 1. The zero-order valence-corrected chi connectivity index (χ0v) is 7.67. The van der Waals surface area contributed by atoms with Crippen LogP contribution in [0.2, 0.25) is 0 Å². The van der Waals surface area contributed by atoms with E-state index in [4.69, 9.17) is 11.5 Å². The molecule has 0 bridgehead atoms. The highest BCUT2D eigenvalue weighted by molar-refractivity contribution is 5.84. The first kappa shape index (κ1) is 10.7. The Labute approximate surface area is 85.1 Å². The van der Waals surface area contributed by atoms with Gasteiger partial charge in [-0.3, -0.25) is 4.79 Å². The molecule has 0 radical (unpaired) electrons. The molecule has 0 aromatic carbocycles. The number of hydrogen-bond acceptors (Lipinski definition) is 4. The van der Waals surface area contributed by atoms with E-state index in [9.17, 15) is 9.59 Å². The van der Waals surface area contributed by atoms with Gasteiger partial charge >= 0.3 is 5.97 Å². The fraction of sp³-hybridized carbons (Fsp3) is 0.250. The van der Waals surface area contributed by atoms with Gasteiger partial charge in [0.2, 0.25) is 5.91 Å². The van der Waals surface area contributed by atoms with E-state index in [1.54, 1.807) is 0 Å². The van der Waals surface area contributed by atoms with Crippen LogP contribution in [-0.2, 0) is 11.3 Å². The molecule has 0 aliphatic heterocycles. The summed E-state index contributed by atoms with van der Waals surface area (Å²) in [5, 5.41) is 17.7. The molecular formula is C8H8N4O3. The Morgan fingerprint density at radius 2 is 2.40 bits per heavy atom. The molecule has 1 aromatic rings. The topological polar surface area (TPSA) is 97.1 Å². The summed E-state index contributed by atoms with van der Waals surface area (Å²) in [7, 11) is 0. The summed E-state index contributed by atoms with van der Waals surface area (Å²) in [4.78, 5) is 21.5. The molecule has 7 heteroatoms. The minimum atomic E-state index is -1.19. The van der Waals surface area contributed by atoms with Crippen LogP contribution >= 0.6 is 0 Å². The average Bonchev–Trinajstić information content (AvgIpc) is 2.63. The molecule has 0 spiro atoms. The standard InChI is InChI=1S/C8H8N4O3/c1-2-3-9-7(13)5-12-4-6(8(14)15)10-11-12/h1,4H,3,5H2,(H,9,13)(H,14,15). The molecule has 1 amide bonds. The third kappa shape index (κ3) is 3.11. The minimum Gasteiger partial charge on any atom is -0.476 e. The lowest BCUT2D eigenvalue weighted by atomic mass is 10.5. The second kappa shape index (κ2) is 4.76. The van der Waals surface area contributed by atoms with Crippen molar-refractivity contribution in [2.45, 2.75) is 6.54 Å². The van der Waals surface area contributed by atoms with E-state index in [0.29, 0.717) is 0 Å². The maximum absolute atomic E-state index is 11.1. The number of terminal acetylenes is 1. The van der Waals surface area contributed by atoms with Crippen LogP contribution < -0.4 is 5.32 Å². The summed E-state index contributed by atoms with van der Waals surface area (Å²) in [5.41, 5.74) is -0.209. The molecular weight excluding hydrogens is 200 g/mol. The number of carbonyl (C=O) groups is 2. The second-order valence-electron chi connectivity index (χ2n) is 2.59. The third-order valence-electron chi connectivity index (χ3n) is 1.45. The van der Waals surface area contributed by atoms with E-state index >= 15 is 0 Å². The quantitative estimate of drug-likeness (QED) is 0.601. The summed E-state index contributed by atoms with van der Waals surface area (Å²) < 4.78 is 1.12. The maximum Gasteiger partial charge on any atom is 0.358 e. The molecule has 2 N–H and O–H groups in total. The zero-order valence-electron chi connectivity index (χ0n) is 7.67. The van der Waals surface area contributed by atoms with Gasteiger partial charge in [0.1, 0.15) is 6.54 Å². The van der Waals surface area contributed by atoms with E-state index in [-0.39, 0.29) is 24.7 Å². The molecule has 1 heterocycles. The number of aromatic nitrogens is 3. The second-order valence-corrected chi connectivity index (χ2v) is 2.59. The van der Waals surface area contributed by atoms with Gasteiger partial charge in [-0.1, -0.05) is 11.1 Å². The first-order chi connectivity index (χ1) is 7.13. The number of carboxylic acid groups (broad SMARTS) is 1. The summed E-state index contributed by atoms with van der Waals surface area (Å²) in [5.74, 6) is 0.695. The van der Waals surface area contributed by atoms with E-state index in [1.807, 2.05) is 0 Å². The zero-order chi connectivity index (χ0) is 11.3. The van der Waals surface area contributed by atoms with Gasteiger partial charge in [-0.25, -0.2) is 9.48 Å². The van der Waals surface area contributed by atoms with Crippen LogP contribution in [0.1, 0.15) is 10.5 Å². The highest BCUT2D eigenvalue weighted by Gasteiger charge is 2.09. The van der Waals surface area contributed by atoms with Crippen molar-refractivity contribution in [1.82, 2.24) is 20.3 Å². The summed E-state index contributed by atoms with van der Waals surface area (Å²) in [6, 6.07) is 0. The lowest BCUT2D eigenvalue weighted by Crippen LogP contribution is -2.27. The smallest absolute Gasteiger partial charge is 0.358 e. The third-order valence-corrected chi connectivity index (χ3v) is 1.45. The van der Waals surface area contributed by atoms with Gasteiger partial charge in [-0.2, -0.15) is 0 Å². The number of amides is 1. The maximum atomic E-state index is 11.1. The number of nitrogens with one attached hydrogen (secondary N) is 1. The Hall–Kier alpha value is -2.36. The lowest BCUT2D eigenvalue weighted by Gasteiger charge is -1.99. The molecule has 7 nitrogen and oxygen atoms in total. The Morgan fingerprint density at radius 1 is 1.67 bits per heavy atom. The van der Waals surface area contributed by atoms with E-state index < -0.39 is 5.97 Å². The minimum absolute atomic E-state index is 0.109. The van der Waals surface area contributed by atoms with Crippen molar-refractivity contribution in [3.05, 3.63) is 11.9 Å². The van der Waals surface area contributed by atoms with Crippen molar-refractivity contribution in [1.29, 1.82) is 0 Å². The Kier molecular flexibility index (Phi) is 3.40. The molecule has 0 saturated heterocycles. The molecule has 0 saturated carbocycles. The monoisotopic (exact) mass is 208 g/mol. The summed E-state index contributed by atoms with van der Waals surface area (Å²) in [6.07, 6.45) is 6.10. The van der Waals surface area contributed by atoms with Gasteiger partial charge in [0.15, 0.2) is 5.69 Å². The van der Waals surface area contributed by atoms with Gasteiger partial charge in [-0.05, 0) is 0 Å². The van der Waals surface area contributed by atoms with Gasteiger partial charge in [0.25, 0.3) is 0 Å². The fourth-order valence-electron chi connectivity index (χ4n) is 0.826. The molecule has 0 aliphatic rings. The number of rotatable bonds is 4. The van der Waals surface area contributed by atoms with E-state index in [2.05, 4.69) is 21.5 Å².